The van der Waals surface area contributed by atoms with Crippen molar-refractivity contribution in [3.05, 3.63) is 28.2 Å². The minimum atomic E-state index is 0.603. The lowest BCUT2D eigenvalue weighted by Gasteiger charge is -2.42. The standard InChI is InChI=1S/C15H23BrN2/c1-4-12-10-18(13(5-2)9-17-12)14-8-6-7-11(3)15(14)16/h6-8,12-13,17H,4-5,9-10H2,1-3H3. The number of nitrogens with one attached hydrogen (secondary N) is 1. The molecule has 2 nitrogen and oxygen atoms in total. The smallest absolute Gasteiger partial charge is 0.0516 e. The highest BCUT2D eigenvalue weighted by atomic mass is 79.9. The maximum absolute atomic E-state index is 3.75. The van der Waals surface area contributed by atoms with Crippen molar-refractivity contribution in [1.82, 2.24) is 5.32 Å². The van der Waals surface area contributed by atoms with Crippen LogP contribution in [0.3, 0.4) is 0 Å². The first-order chi connectivity index (χ1) is 8.67. The largest absolute Gasteiger partial charge is 0.365 e. The molecule has 18 heavy (non-hydrogen) atoms. The third kappa shape index (κ3) is 2.72. The zero-order chi connectivity index (χ0) is 13.1. The van der Waals surface area contributed by atoms with Gasteiger partial charge in [0, 0.05) is 29.6 Å². The Morgan fingerprint density at radius 3 is 2.78 bits per heavy atom. The van der Waals surface area contributed by atoms with Gasteiger partial charge in [-0.15, -0.1) is 0 Å². The molecule has 2 unspecified atom stereocenters. The van der Waals surface area contributed by atoms with Crippen LogP contribution in [0, 0.1) is 6.92 Å². The monoisotopic (exact) mass is 310 g/mol. The average molecular weight is 311 g/mol. The molecule has 2 rings (SSSR count). The topological polar surface area (TPSA) is 15.3 Å². The predicted octanol–water partition coefficient (Wildman–Crippen LogP) is 3.72. The molecule has 1 aromatic rings. The van der Waals surface area contributed by atoms with Gasteiger partial charge < -0.3 is 10.2 Å². The van der Waals surface area contributed by atoms with Crippen LogP contribution in [0.5, 0.6) is 0 Å². The van der Waals surface area contributed by atoms with Crippen LogP contribution in [0.25, 0.3) is 0 Å². The third-order valence-electron chi connectivity index (χ3n) is 3.94. The van der Waals surface area contributed by atoms with Gasteiger partial charge in [-0.05, 0) is 47.3 Å². The lowest BCUT2D eigenvalue weighted by molar-refractivity contribution is 0.378. The molecule has 1 heterocycles. The molecular weight excluding hydrogens is 288 g/mol. The second-order valence-corrected chi connectivity index (χ2v) is 5.93. The van der Waals surface area contributed by atoms with E-state index in [-0.39, 0.29) is 0 Å². The Morgan fingerprint density at radius 1 is 1.33 bits per heavy atom. The van der Waals surface area contributed by atoms with Crippen molar-refractivity contribution in [3.8, 4) is 0 Å². The predicted molar refractivity (Wildman–Crippen MR) is 82.4 cm³/mol. The van der Waals surface area contributed by atoms with Gasteiger partial charge in [0.1, 0.15) is 0 Å². The summed E-state index contributed by atoms with van der Waals surface area (Å²) in [5, 5.41) is 3.65. The number of benzene rings is 1. The lowest BCUT2D eigenvalue weighted by Crippen LogP contribution is -2.56. The van der Waals surface area contributed by atoms with Crippen LogP contribution in [0.2, 0.25) is 0 Å². The molecule has 0 aromatic heterocycles. The Bertz CT molecular complexity index is 405. The fourth-order valence-corrected chi connectivity index (χ4v) is 3.14. The third-order valence-corrected chi connectivity index (χ3v) is 4.98. The summed E-state index contributed by atoms with van der Waals surface area (Å²) in [4.78, 5) is 2.57. The second kappa shape index (κ2) is 6.07. The summed E-state index contributed by atoms with van der Waals surface area (Å²) in [5.74, 6) is 0. The molecule has 0 spiro atoms. The number of aryl methyl sites for hydroxylation is 1. The number of nitrogens with zero attached hydrogens (tertiary/aromatic N) is 1. The van der Waals surface area contributed by atoms with Gasteiger partial charge in [-0.3, -0.25) is 0 Å². The summed E-state index contributed by atoms with van der Waals surface area (Å²) in [5.41, 5.74) is 2.66. The molecule has 0 bridgehead atoms. The van der Waals surface area contributed by atoms with E-state index in [9.17, 15) is 0 Å². The summed E-state index contributed by atoms with van der Waals surface area (Å²) >= 11 is 3.75. The van der Waals surface area contributed by atoms with Gasteiger partial charge in [-0.1, -0.05) is 26.0 Å². The summed E-state index contributed by atoms with van der Waals surface area (Å²) in [6.45, 7) is 8.89. The van der Waals surface area contributed by atoms with Crippen molar-refractivity contribution < 1.29 is 0 Å². The van der Waals surface area contributed by atoms with E-state index in [2.05, 4.69) is 65.1 Å². The summed E-state index contributed by atoms with van der Waals surface area (Å²) in [6, 6.07) is 7.77. The lowest BCUT2D eigenvalue weighted by atomic mass is 10.0. The number of hydrogen-bond donors (Lipinski definition) is 1. The number of halogens is 1. The molecule has 0 amide bonds. The van der Waals surface area contributed by atoms with E-state index in [0.717, 1.165) is 13.1 Å². The second-order valence-electron chi connectivity index (χ2n) is 5.14. The van der Waals surface area contributed by atoms with Crippen LogP contribution in [0.4, 0.5) is 5.69 Å². The van der Waals surface area contributed by atoms with Gasteiger partial charge in [0.15, 0.2) is 0 Å². The highest BCUT2D eigenvalue weighted by Gasteiger charge is 2.27. The van der Waals surface area contributed by atoms with E-state index in [0.29, 0.717) is 12.1 Å². The Labute approximate surface area is 119 Å². The van der Waals surface area contributed by atoms with Crippen molar-refractivity contribution in [2.45, 2.75) is 45.7 Å². The molecule has 3 heteroatoms. The normalized spacial score (nSPS) is 24.3. The van der Waals surface area contributed by atoms with E-state index in [1.165, 1.54) is 28.6 Å². The van der Waals surface area contributed by atoms with E-state index in [1.807, 2.05) is 0 Å². The Morgan fingerprint density at radius 2 is 2.11 bits per heavy atom. The number of piperazine rings is 1. The van der Waals surface area contributed by atoms with Crippen molar-refractivity contribution in [2.75, 3.05) is 18.0 Å². The number of hydrogen-bond acceptors (Lipinski definition) is 2. The van der Waals surface area contributed by atoms with Crippen molar-refractivity contribution in [1.29, 1.82) is 0 Å². The molecule has 0 aliphatic carbocycles. The highest BCUT2D eigenvalue weighted by Crippen LogP contribution is 2.32. The molecule has 1 fully saturated rings. The van der Waals surface area contributed by atoms with Crippen LogP contribution in [0.1, 0.15) is 32.3 Å². The summed E-state index contributed by atoms with van der Waals surface area (Å²) in [6.07, 6.45) is 2.38. The van der Waals surface area contributed by atoms with Crippen LogP contribution < -0.4 is 10.2 Å². The van der Waals surface area contributed by atoms with E-state index < -0.39 is 0 Å². The van der Waals surface area contributed by atoms with Gasteiger partial charge in [-0.2, -0.15) is 0 Å². The zero-order valence-corrected chi connectivity index (χ0v) is 13.1. The van der Waals surface area contributed by atoms with E-state index in [1.54, 1.807) is 0 Å². The SMILES string of the molecule is CCC1CN(c2cccc(C)c2Br)C(CC)CN1. The first-order valence-electron chi connectivity index (χ1n) is 6.92. The summed E-state index contributed by atoms with van der Waals surface area (Å²) in [7, 11) is 0. The molecule has 0 saturated carbocycles. The van der Waals surface area contributed by atoms with Gasteiger partial charge >= 0.3 is 0 Å². The summed E-state index contributed by atoms with van der Waals surface area (Å²) < 4.78 is 1.25. The van der Waals surface area contributed by atoms with Crippen molar-refractivity contribution >= 4 is 21.6 Å². The quantitative estimate of drug-likeness (QED) is 0.915. The van der Waals surface area contributed by atoms with Crippen LogP contribution in [0.15, 0.2) is 22.7 Å². The van der Waals surface area contributed by atoms with Crippen molar-refractivity contribution in [3.63, 3.8) is 0 Å². The molecule has 2 atom stereocenters. The van der Waals surface area contributed by atoms with E-state index in [4.69, 9.17) is 0 Å². The Balaban J connectivity index is 2.29. The molecule has 1 aliphatic heterocycles. The van der Waals surface area contributed by atoms with E-state index >= 15 is 0 Å². The molecule has 1 saturated heterocycles. The molecule has 0 radical (unpaired) electrons. The van der Waals surface area contributed by atoms with Gasteiger partial charge in [0.2, 0.25) is 0 Å². The van der Waals surface area contributed by atoms with Gasteiger partial charge in [0.25, 0.3) is 0 Å². The fraction of sp³-hybridized carbons (Fsp3) is 0.600. The molecule has 1 N–H and O–H groups in total. The molecule has 1 aromatic carbocycles. The number of anilines is 1. The van der Waals surface area contributed by atoms with Crippen LogP contribution in [-0.2, 0) is 0 Å². The first-order valence-corrected chi connectivity index (χ1v) is 7.71. The maximum Gasteiger partial charge on any atom is 0.0516 e. The first kappa shape index (κ1) is 13.9. The fourth-order valence-electron chi connectivity index (χ4n) is 2.65. The van der Waals surface area contributed by atoms with Crippen LogP contribution in [-0.4, -0.2) is 25.2 Å². The minimum Gasteiger partial charge on any atom is -0.365 e. The molecule has 1 aliphatic rings. The molecule has 100 valence electrons. The minimum absolute atomic E-state index is 0.603. The highest BCUT2D eigenvalue weighted by molar-refractivity contribution is 9.10. The Kier molecular flexibility index (Phi) is 4.68. The average Bonchev–Trinajstić information content (AvgIpc) is 2.41. The molecular formula is C15H23BrN2. The number of rotatable bonds is 3. The zero-order valence-electron chi connectivity index (χ0n) is 11.5. The van der Waals surface area contributed by atoms with Crippen LogP contribution >= 0.6 is 15.9 Å². The maximum atomic E-state index is 3.75. The van der Waals surface area contributed by atoms with Crippen molar-refractivity contribution in [2.24, 2.45) is 0 Å². The Hall–Kier alpha value is -0.540. The van der Waals surface area contributed by atoms with Gasteiger partial charge in [0.05, 0.1) is 5.69 Å². The van der Waals surface area contributed by atoms with Gasteiger partial charge in [-0.25, -0.2) is 0 Å².